The molecule has 2 nitrogen and oxygen atoms in total. The number of hydrogen-bond donors (Lipinski definition) is 1. The number of hydrogen-bond acceptors (Lipinski definition) is 2. The van der Waals surface area contributed by atoms with E-state index in [1.165, 1.54) is 6.07 Å². The summed E-state index contributed by atoms with van der Waals surface area (Å²) >= 11 is 1.98. The van der Waals surface area contributed by atoms with Gasteiger partial charge < -0.3 is 5.73 Å². The molecule has 0 aliphatic heterocycles. The summed E-state index contributed by atoms with van der Waals surface area (Å²) in [6, 6.07) is 1.35. The molecule has 0 bridgehead atoms. The summed E-state index contributed by atoms with van der Waals surface area (Å²) in [5, 5.41) is 0. The third-order valence-electron chi connectivity index (χ3n) is 1.41. The first kappa shape index (κ1) is 9.63. The zero-order chi connectivity index (χ0) is 9.30. The molecule has 1 heterocycles. The summed E-state index contributed by atoms with van der Waals surface area (Å²) in [6.07, 6.45) is -2.55. The fourth-order valence-electron chi connectivity index (χ4n) is 0.819. The van der Waals surface area contributed by atoms with Crippen molar-refractivity contribution in [3.8, 4) is 0 Å². The van der Waals surface area contributed by atoms with E-state index in [9.17, 15) is 8.78 Å². The molecule has 1 aromatic heterocycles. The van der Waals surface area contributed by atoms with Gasteiger partial charge in [-0.05, 0) is 41.1 Å². The average molecular weight is 284 g/mol. The summed E-state index contributed by atoms with van der Waals surface area (Å²) in [5.74, 6) is 0.172. The molecule has 0 fully saturated rings. The highest BCUT2D eigenvalue weighted by Crippen LogP contribution is 2.23. The number of rotatable bonds is 1. The van der Waals surface area contributed by atoms with Gasteiger partial charge in [0.15, 0.2) is 0 Å². The van der Waals surface area contributed by atoms with Crippen molar-refractivity contribution in [3.05, 3.63) is 20.9 Å². The van der Waals surface area contributed by atoms with Gasteiger partial charge in [0.05, 0.1) is 3.57 Å². The van der Waals surface area contributed by atoms with Gasteiger partial charge >= 0.3 is 0 Å². The van der Waals surface area contributed by atoms with Crippen LogP contribution in [0.15, 0.2) is 6.07 Å². The van der Waals surface area contributed by atoms with Gasteiger partial charge in [-0.15, -0.1) is 0 Å². The quantitative estimate of drug-likeness (QED) is 0.805. The number of nitrogens with two attached hydrogens (primary N) is 1. The second kappa shape index (κ2) is 3.51. The predicted molar refractivity (Wildman–Crippen MR) is 51.1 cm³/mol. The summed E-state index contributed by atoms with van der Waals surface area (Å²) in [5.41, 5.74) is 5.88. The smallest absolute Gasteiger partial charge is 0.280 e. The number of alkyl halides is 2. The van der Waals surface area contributed by atoms with Gasteiger partial charge in [0.1, 0.15) is 11.5 Å². The highest BCUT2D eigenvalue weighted by atomic mass is 127. The zero-order valence-electron chi connectivity index (χ0n) is 6.31. The topological polar surface area (TPSA) is 38.9 Å². The first-order chi connectivity index (χ1) is 5.52. The molecule has 0 unspecified atom stereocenters. The maximum atomic E-state index is 12.1. The molecule has 0 amide bonds. The van der Waals surface area contributed by atoms with E-state index in [-0.39, 0.29) is 11.5 Å². The molecule has 1 aromatic rings. The van der Waals surface area contributed by atoms with Gasteiger partial charge in [-0.2, -0.15) is 0 Å². The third kappa shape index (κ3) is 1.82. The van der Waals surface area contributed by atoms with Crippen molar-refractivity contribution in [1.29, 1.82) is 0 Å². The first-order valence-corrected chi connectivity index (χ1v) is 4.31. The molecule has 0 saturated carbocycles. The Kier molecular flexibility index (Phi) is 2.81. The SMILES string of the molecule is Cc1cc(C(F)F)nc(N)c1I. The Balaban J connectivity index is 3.21. The fraction of sp³-hybridized carbons (Fsp3) is 0.286. The lowest BCUT2D eigenvalue weighted by Gasteiger charge is -2.05. The molecule has 2 N–H and O–H groups in total. The number of anilines is 1. The highest BCUT2D eigenvalue weighted by Gasteiger charge is 2.12. The standard InChI is InChI=1S/C7H7F2IN2/c1-3-2-4(6(8)9)12-7(11)5(3)10/h2,6H,1H3,(H2,11,12). The second-order valence-corrected chi connectivity index (χ2v) is 3.44. The number of aromatic nitrogens is 1. The molecule has 0 atom stereocenters. The maximum Gasteiger partial charge on any atom is 0.280 e. The van der Waals surface area contributed by atoms with E-state index in [4.69, 9.17) is 5.73 Å². The Bertz CT molecular complexity index is 278. The zero-order valence-corrected chi connectivity index (χ0v) is 8.47. The Morgan fingerprint density at radius 1 is 1.58 bits per heavy atom. The molecule has 5 heteroatoms. The second-order valence-electron chi connectivity index (χ2n) is 2.36. The maximum absolute atomic E-state index is 12.1. The van der Waals surface area contributed by atoms with E-state index in [1.807, 2.05) is 22.6 Å². The molecular weight excluding hydrogens is 277 g/mol. The van der Waals surface area contributed by atoms with Crippen LogP contribution in [0.2, 0.25) is 0 Å². The minimum absolute atomic E-state index is 0.172. The van der Waals surface area contributed by atoms with Crippen LogP contribution in [-0.4, -0.2) is 4.98 Å². The molecule has 0 aliphatic rings. The van der Waals surface area contributed by atoms with E-state index in [1.54, 1.807) is 6.92 Å². The molecule has 0 saturated heterocycles. The number of halogens is 3. The van der Waals surface area contributed by atoms with Gasteiger partial charge in [-0.1, -0.05) is 0 Å². The number of nitrogens with zero attached hydrogens (tertiary/aromatic N) is 1. The molecule has 66 valence electrons. The first-order valence-electron chi connectivity index (χ1n) is 3.23. The van der Waals surface area contributed by atoms with Gasteiger partial charge in [-0.3, -0.25) is 0 Å². The van der Waals surface area contributed by atoms with E-state index < -0.39 is 6.43 Å². The van der Waals surface area contributed by atoms with Gasteiger partial charge in [0.2, 0.25) is 0 Å². The predicted octanol–water partition coefficient (Wildman–Crippen LogP) is 2.51. The van der Waals surface area contributed by atoms with E-state index in [2.05, 4.69) is 4.98 Å². The Labute approximate surface area is 82.3 Å². The molecule has 0 spiro atoms. The fourth-order valence-corrected chi connectivity index (χ4v) is 1.10. The molecule has 0 aromatic carbocycles. The van der Waals surface area contributed by atoms with Crippen molar-refractivity contribution in [1.82, 2.24) is 4.98 Å². The normalized spacial score (nSPS) is 10.8. The minimum Gasteiger partial charge on any atom is -0.383 e. The monoisotopic (exact) mass is 284 g/mol. The molecular formula is C7H7F2IN2. The number of pyridine rings is 1. The largest absolute Gasteiger partial charge is 0.383 e. The van der Waals surface area contributed by atoms with Crippen molar-refractivity contribution in [2.24, 2.45) is 0 Å². The van der Waals surface area contributed by atoms with Crippen LogP contribution >= 0.6 is 22.6 Å². The lowest BCUT2D eigenvalue weighted by molar-refractivity contribution is 0.146. The van der Waals surface area contributed by atoms with Crippen LogP contribution in [0.3, 0.4) is 0 Å². The van der Waals surface area contributed by atoms with Crippen LogP contribution in [-0.2, 0) is 0 Å². The Morgan fingerprint density at radius 3 is 2.58 bits per heavy atom. The van der Waals surface area contributed by atoms with Crippen LogP contribution < -0.4 is 5.73 Å². The summed E-state index contributed by atoms with van der Waals surface area (Å²) in [7, 11) is 0. The van der Waals surface area contributed by atoms with E-state index in [0.29, 0.717) is 0 Å². The van der Waals surface area contributed by atoms with Crippen molar-refractivity contribution in [3.63, 3.8) is 0 Å². The van der Waals surface area contributed by atoms with Crippen LogP contribution in [0.5, 0.6) is 0 Å². The molecule has 0 aliphatic carbocycles. The van der Waals surface area contributed by atoms with Crippen LogP contribution in [0.25, 0.3) is 0 Å². The Hall–Kier alpha value is -0.460. The Morgan fingerprint density at radius 2 is 2.17 bits per heavy atom. The van der Waals surface area contributed by atoms with Gasteiger partial charge in [0, 0.05) is 0 Å². The number of nitrogen functional groups attached to an aromatic ring is 1. The van der Waals surface area contributed by atoms with E-state index in [0.717, 1.165) is 9.13 Å². The van der Waals surface area contributed by atoms with Crippen LogP contribution in [0.1, 0.15) is 17.7 Å². The lowest BCUT2D eigenvalue weighted by atomic mass is 10.2. The highest BCUT2D eigenvalue weighted by molar-refractivity contribution is 14.1. The molecule has 1 rings (SSSR count). The minimum atomic E-state index is -2.55. The average Bonchev–Trinajstić information content (AvgIpc) is 1.99. The van der Waals surface area contributed by atoms with Gasteiger partial charge in [0.25, 0.3) is 6.43 Å². The van der Waals surface area contributed by atoms with Crippen molar-refractivity contribution in [2.45, 2.75) is 13.3 Å². The molecule has 12 heavy (non-hydrogen) atoms. The molecule has 0 radical (unpaired) electrons. The van der Waals surface area contributed by atoms with E-state index >= 15 is 0 Å². The van der Waals surface area contributed by atoms with Crippen molar-refractivity contribution in [2.75, 3.05) is 5.73 Å². The lowest BCUT2D eigenvalue weighted by Crippen LogP contribution is -2.01. The van der Waals surface area contributed by atoms with Crippen molar-refractivity contribution < 1.29 is 8.78 Å². The number of aryl methyl sites for hydroxylation is 1. The summed E-state index contributed by atoms with van der Waals surface area (Å²) < 4.78 is 25.0. The van der Waals surface area contributed by atoms with Crippen LogP contribution in [0, 0.1) is 10.5 Å². The van der Waals surface area contributed by atoms with Gasteiger partial charge in [-0.25, -0.2) is 13.8 Å². The third-order valence-corrected chi connectivity index (χ3v) is 2.81. The van der Waals surface area contributed by atoms with Crippen molar-refractivity contribution >= 4 is 28.4 Å². The summed E-state index contributed by atoms with van der Waals surface area (Å²) in [6.45, 7) is 1.73. The summed E-state index contributed by atoms with van der Waals surface area (Å²) in [4.78, 5) is 3.55. The van der Waals surface area contributed by atoms with Crippen LogP contribution in [0.4, 0.5) is 14.6 Å².